The smallest absolute Gasteiger partial charge is 0.325 e. The molecule has 1 atom stereocenters. The highest BCUT2D eigenvalue weighted by atomic mass is 19.2. The molecule has 1 saturated heterocycles. The fraction of sp³-hybridized carbons (Fsp3) is 0.407. The normalized spacial score (nSPS) is 16.1. The summed E-state index contributed by atoms with van der Waals surface area (Å²) >= 11 is 0. The van der Waals surface area contributed by atoms with E-state index in [9.17, 15) is 18.4 Å². The number of aromatic nitrogens is 1. The number of likely N-dealkylation sites (N-methyl/N-ethyl adjacent to an activating group) is 1. The van der Waals surface area contributed by atoms with Crippen LogP contribution in [0.25, 0.3) is 10.9 Å². The number of ether oxygens (including phenoxy) is 2. The van der Waals surface area contributed by atoms with Gasteiger partial charge in [-0.05, 0) is 70.0 Å². The molecule has 1 aromatic heterocycles. The van der Waals surface area contributed by atoms with E-state index in [4.69, 9.17) is 9.47 Å². The molecule has 8 heteroatoms. The molecule has 35 heavy (non-hydrogen) atoms. The molecule has 2 heterocycles. The molecule has 0 spiro atoms. The maximum Gasteiger partial charge on any atom is 0.325 e. The van der Waals surface area contributed by atoms with E-state index in [-0.39, 0.29) is 37.0 Å². The molecule has 0 saturated carbocycles. The van der Waals surface area contributed by atoms with Crippen molar-refractivity contribution in [1.29, 1.82) is 0 Å². The summed E-state index contributed by atoms with van der Waals surface area (Å²) in [6, 6.07) is 11.0. The van der Waals surface area contributed by atoms with Gasteiger partial charge in [-0.1, -0.05) is 12.1 Å². The van der Waals surface area contributed by atoms with Crippen molar-refractivity contribution < 1.29 is 23.0 Å². The summed E-state index contributed by atoms with van der Waals surface area (Å²) < 4.78 is 40.8. The molecule has 2 aromatic carbocycles. The van der Waals surface area contributed by atoms with E-state index in [1.54, 1.807) is 29.7 Å². The summed E-state index contributed by atoms with van der Waals surface area (Å²) in [5, 5.41) is 0.445. The highest BCUT2D eigenvalue weighted by Crippen LogP contribution is 2.23. The van der Waals surface area contributed by atoms with E-state index in [2.05, 4.69) is 11.9 Å². The molecule has 0 aliphatic carbocycles. The number of esters is 1. The first-order valence-electron chi connectivity index (χ1n) is 12.0. The molecule has 1 aliphatic rings. The Hall–Kier alpha value is -3.26. The largest absolute Gasteiger partial charge is 0.492 e. The van der Waals surface area contributed by atoms with Crippen molar-refractivity contribution in [2.75, 3.05) is 26.8 Å². The maximum absolute atomic E-state index is 14.2. The van der Waals surface area contributed by atoms with E-state index in [0.717, 1.165) is 25.5 Å². The van der Waals surface area contributed by atoms with Crippen LogP contribution in [0.5, 0.6) is 5.75 Å². The lowest BCUT2D eigenvalue weighted by Crippen LogP contribution is -2.30. The van der Waals surface area contributed by atoms with Gasteiger partial charge in [0.05, 0.1) is 12.1 Å². The first-order valence-corrected chi connectivity index (χ1v) is 12.0. The Morgan fingerprint density at radius 2 is 1.97 bits per heavy atom. The highest BCUT2D eigenvalue weighted by molar-refractivity contribution is 5.82. The first kappa shape index (κ1) is 24.9. The van der Waals surface area contributed by atoms with E-state index in [1.165, 1.54) is 18.2 Å². The summed E-state index contributed by atoms with van der Waals surface area (Å²) in [5.41, 5.74) is 1.07. The third-order valence-corrected chi connectivity index (χ3v) is 6.56. The van der Waals surface area contributed by atoms with Crippen molar-refractivity contribution in [3.63, 3.8) is 0 Å². The zero-order valence-corrected chi connectivity index (χ0v) is 20.1. The van der Waals surface area contributed by atoms with Crippen LogP contribution < -0.4 is 10.2 Å². The molecule has 0 amide bonds. The van der Waals surface area contributed by atoms with Crippen LogP contribution in [-0.2, 0) is 28.9 Å². The summed E-state index contributed by atoms with van der Waals surface area (Å²) in [7, 11) is 2.08. The van der Waals surface area contributed by atoms with Gasteiger partial charge in [0, 0.05) is 29.3 Å². The maximum atomic E-state index is 14.2. The van der Waals surface area contributed by atoms with Gasteiger partial charge in [0.2, 0.25) is 0 Å². The van der Waals surface area contributed by atoms with Crippen LogP contribution >= 0.6 is 0 Å². The minimum absolute atomic E-state index is 0.111. The minimum atomic E-state index is -0.917. The number of aryl methyl sites for hydroxylation is 2. The number of halogens is 2. The van der Waals surface area contributed by atoms with Crippen molar-refractivity contribution in [1.82, 2.24) is 9.47 Å². The van der Waals surface area contributed by atoms with Crippen molar-refractivity contribution in [3.05, 3.63) is 75.6 Å². The second-order valence-electron chi connectivity index (χ2n) is 8.87. The quantitative estimate of drug-likeness (QED) is 0.428. The van der Waals surface area contributed by atoms with E-state index >= 15 is 0 Å². The fourth-order valence-corrected chi connectivity index (χ4v) is 4.61. The summed E-state index contributed by atoms with van der Waals surface area (Å²) in [6.45, 7) is 3.41. The molecule has 0 radical (unpaired) electrons. The van der Waals surface area contributed by atoms with Crippen LogP contribution in [0.1, 0.15) is 31.0 Å². The third-order valence-electron chi connectivity index (χ3n) is 6.56. The Morgan fingerprint density at radius 3 is 2.71 bits per heavy atom. The predicted molar refractivity (Wildman–Crippen MR) is 130 cm³/mol. The monoisotopic (exact) mass is 484 g/mol. The van der Waals surface area contributed by atoms with Gasteiger partial charge >= 0.3 is 5.97 Å². The van der Waals surface area contributed by atoms with Gasteiger partial charge in [-0.3, -0.25) is 9.59 Å². The molecular weight excluding hydrogens is 454 g/mol. The van der Waals surface area contributed by atoms with E-state index < -0.39 is 17.6 Å². The molecule has 0 N–H and O–H groups in total. The number of pyridine rings is 1. The molecule has 6 nitrogen and oxygen atoms in total. The number of carbonyl (C=O) groups excluding carboxylic acids is 1. The molecule has 0 bridgehead atoms. The summed E-state index contributed by atoms with van der Waals surface area (Å²) in [5.74, 6) is -1.67. The summed E-state index contributed by atoms with van der Waals surface area (Å²) in [6.07, 6.45) is 2.61. The van der Waals surface area contributed by atoms with Crippen molar-refractivity contribution >= 4 is 16.9 Å². The number of hydrogen-bond acceptors (Lipinski definition) is 5. The Labute approximate surface area is 203 Å². The van der Waals surface area contributed by atoms with Crippen LogP contribution in [0.4, 0.5) is 8.78 Å². The fourth-order valence-electron chi connectivity index (χ4n) is 4.61. The predicted octanol–water partition coefficient (Wildman–Crippen LogP) is 4.10. The van der Waals surface area contributed by atoms with Crippen LogP contribution in [0.2, 0.25) is 0 Å². The Balaban J connectivity index is 1.68. The van der Waals surface area contributed by atoms with Crippen molar-refractivity contribution in [2.24, 2.45) is 0 Å². The van der Waals surface area contributed by atoms with Crippen molar-refractivity contribution in [2.45, 2.75) is 45.2 Å². The van der Waals surface area contributed by atoms with Crippen LogP contribution in [0, 0.1) is 11.6 Å². The standard InChI is InChI=1S/C27H30F2N2O4/c1-3-34-26(33)16-31-19(10-9-18-6-4-8-23(28)27(18)29)14-25(32)22-12-11-21(15-24(22)31)35-17-20-7-5-13-30(20)2/h4,6,8,11-12,14-15,20H,3,5,7,9-10,13,16-17H2,1-2H3. The lowest BCUT2D eigenvalue weighted by molar-refractivity contribution is -0.143. The number of carbonyl (C=O) groups is 1. The van der Waals surface area contributed by atoms with E-state index in [0.29, 0.717) is 35.0 Å². The SMILES string of the molecule is CCOC(=O)Cn1c(CCc2cccc(F)c2F)cc(=O)c2ccc(OCC3CCCN3C)cc21. The van der Waals surface area contributed by atoms with Crippen LogP contribution in [-0.4, -0.2) is 48.3 Å². The van der Waals surface area contributed by atoms with Gasteiger partial charge in [-0.15, -0.1) is 0 Å². The Kier molecular flexibility index (Phi) is 7.80. The minimum Gasteiger partial charge on any atom is -0.492 e. The average Bonchev–Trinajstić information content (AvgIpc) is 3.25. The lowest BCUT2D eigenvalue weighted by Gasteiger charge is -2.20. The molecule has 4 rings (SSSR count). The van der Waals surface area contributed by atoms with Crippen molar-refractivity contribution in [3.8, 4) is 5.75 Å². The van der Waals surface area contributed by atoms with Crippen LogP contribution in [0.3, 0.4) is 0 Å². The number of hydrogen-bond donors (Lipinski definition) is 0. The molecule has 1 aliphatic heterocycles. The third kappa shape index (κ3) is 5.70. The molecule has 1 unspecified atom stereocenters. The molecule has 1 fully saturated rings. The van der Waals surface area contributed by atoms with Gasteiger partial charge in [0.25, 0.3) is 0 Å². The average molecular weight is 485 g/mol. The van der Waals surface area contributed by atoms with Gasteiger partial charge < -0.3 is 18.9 Å². The first-order chi connectivity index (χ1) is 16.9. The summed E-state index contributed by atoms with van der Waals surface area (Å²) in [4.78, 5) is 27.6. The molecule has 3 aromatic rings. The van der Waals surface area contributed by atoms with Gasteiger partial charge in [-0.2, -0.15) is 0 Å². The van der Waals surface area contributed by atoms with Gasteiger partial charge in [0.15, 0.2) is 17.1 Å². The number of fused-ring (bicyclic) bond motifs is 1. The second kappa shape index (κ2) is 11.0. The topological polar surface area (TPSA) is 60.8 Å². The van der Waals surface area contributed by atoms with Gasteiger partial charge in [-0.25, -0.2) is 8.78 Å². The zero-order valence-electron chi connectivity index (χ0n) is 20.1. The number of nitrogens with zero attached hydrogens (tertiary/aromatic N) is 2. The molecular formula is C27H30F2N2O4. The lowest BCUT2D eigenvalue weighted by atomic mass is 10.0. The highest BCUT2D eigenvalue weighted by Gasteiger charge is 2.21. The number of rotatable bonds is 9. The zero-order chi connectivity index (χ0) is 24.9. The number of likely N-dealkylation sites (tertiary alicyclic amines) is 1. The Morgan fingerprint density at radius 1 is 1.14 bits per heavy atom. The number of benzene rings is 2. The van der Waals surface area contributed by atoms with E-state index in [1.807, 2.05) is 0 Å². The Bertz CT molecular complexity index is 1270. The molecule has 186 valence electrons. The second-order valence-corrected chi connectivity index (χ2v) is 8.87. The van der Waals surface area contributed by atoms with Crippen LogP contribution in [0.15, 0.2) is 47.3 Å². The van der Waals surface area contributed by atoms with Gasteiger partial charge in [0.1, 0.15) is 18.9 Å².